The van der Waals surface area contributed by atoms with E-state index in [4.69, 9.17) is 0 Å². The van der Waals surface area contributed by atoms with Crippen molar-refractivity contribution in [1.29, 1.82) is 0 Å². The van der Waals surface area contributed by atoms with Crippen molar-refractivity contribution in [3.63, 3.8) is 0 Å². The van der Waals surface area contributed by atoms with E-state index in [0.29, 0.717) is 0 Å². The predicted molar refractivity (Wildman–Crippen MR) is 123 cm³/mol. The maximum Gasteiger partial charge on any atom is 0.0433 e. The molecule has 0 fully saturated rings. The minimum Gasteiger partial charge on any atom is -0.355 e. The fourth-order valence-corrected chi connectivity index (χ4v) is 4.81. The van der Waals surface area contributed by atoms with Crippen LogP contribution in [-0.4, -0.2) is 0 Å². The molecule has 29 heavy (non-hydrogen) atoms. The van der Waals surface area contributed by atoms with Gasteiger partial charge in [0.05, 0.1) is 0 Å². The molecular weight excluding hydrogens is 350 g/mol. The minimum atomic E-state index is 0.194. The van der Waals surface area contributed by atoms with Crippen LogP contribution in [-0.2, 0) is 0 Å². The third-order valence-electron chi connectivity index (χ3n) is 6.20. The van der Waals surface area contributed by atoms with Crippen LogP contribution in [0.15, 0.2) is 97.1 Å². The molecule has 5 aromatic carbocycles. The number of benzene rings is 5. The summed E-state index contributed by atoms with van der Waals surface area (Å²) >= 11 is 0. The van der Waals surface area contributed by atoms with E-state index in [0.717, 1.165) is 0 Å². The Balaban J connectivity index is 1.75. The van der Waals surface area contributed by atoms with E-state index in [1.807, 2.05) is 0 Å². The molecule has 0 atom stereocenters. The van der Waals surface area contributed by atoms with Gasteiger partial charge in [-0.25, -0.2) is 0 Å². The summed E-state index contributed by atoms with van der Waals surface area (Å²) in [5.41, 5.74) is 7.78. The van der Waals surface area contributed by atoms with Crippen molar-refractivity contribution in [2.45, 2.75) is 12.8 Å². The summed E-state index contributed by atoms with van der Waals surface area (Å²) in [6, 6.07) is 35.4. The van der Waals surface area contributed by atoms with Crippen molar-refractivity contribution in [3.8, 4) is 0 Å². The topological polar surface area (TPSA) is 12.0 Å². The minimum absolute atomic E-state index is 0.194. The Hall–Kier alpha value is -3.58. The molecule has 0 bridgehead atoms. The molecule has 0 aliphatic carbocycles. The quantitative estimate of drug-likeness (QED) is 0.315. The van der Waals surface area contributed by atoms with E-state index >= 15 is 0 Å². The van der Waals surface area contributed by atoms with Gasteiger partial charge in [-0.2, -0.15) is 0 Å². The van der Waals surface area contributed by atoms with E-state index in [2.05, 4.69) is 109 Å². The van der Waals surface area contributed by atoms with Gasteiger partial charge in [0.25, 0.3) is 0 Å². The molecule has 0 aromatic heterocycles. The van der Waals surface area contributed by atoms with Gasteiger partial charge in [-0.15, -0.1) is 0 Å². The molecule has 1 nitrogen and oxygen atoms in total. The van der Waals surface area contributed by atoms with Gasteiger partial charge in [0.1, 0.15) is 0 Å². The highest BCUT2D eigenvalue weighted by Gasteiger charge is 2.30. The van der Waals surface area contributed by atoms with Crippen molar-refractivity contribution in [3.05, 3.63) is 119 Å². The van der Waals surface area contributed by atoms with Crippen LogP contribution in [0.5, 0.6) is 0 Å². The molecule has 1 heteroatoms. The lowest BCUT2D eigenvalue weighted by Crippen LogP contribution is -2.15. The van der Waals surface area contributed by atoms with Gasteiger partial charge in [-0.05, 0) is 57.3 Å². The molecule has 0 radical (unpaired) electrons. The number of rotatable bonds is 1. The Morgan fingerprint density at radius 3 is 1.62 bits per heavy atom. The molecule has 0 saturated heterocycles. The summed E-state index contributed by atoms with van der Waals surface area (Å²) in [6.07, 6.45) is 0. The largest absolute Gasteiger partial charge is 0.355 e. The van der Waals surface area contributed by atoms with Crippen LogP contribution in [0.25, 0.3) is 21.5 Å². The summed E-state index contributed by atoms with van der Waals surface area (Å²) in [4.78, 5) is 0. The van der Waals surface area contributed by atoms with Gasteiger partial charge in [-0.3, -0.25) is 0 Å². The first-order valence-electron chi connectivity index (χ1n) is 10.2. The summed E-state index contributed by atoms with van der Waals surface area (Å²) < 4.78 is 0. The zero-order chi connectivity index (χ0) is 19.4. The van der Waals surface area contributed by atoms with Gasteiger partial charge in [0.15, 0.2) is 0 Å². The second kappa shape index (κ2) is 6.22. The molecule has 5 aromatic rings. The number of hydrogen-bond acceptors (Lipinski definition) is 1. The van der Waals surface area contributed by atoms with Crippen LogP contribution in [0.1, 0.15) is 28.2 Å². The normalized spacial score (nSPS) is 13.1. The van der Waals surface area contributed by atoms with Crippen LogP contribution >= 0.6 is 0 Å². The number of aryl methyl sites for hydroxylation is 1. The second-order valence-corrected chi connectivity index (χ2v) is 7.96. The first kappa shape index (κ1) is 16.4. The van der Waals surface area contributed by atoms with Gasteiger partial charge in [0.2, 0.25) is 0 Å². The smallest absolute Gasteiger partial charge is 0.0433 e. The first-order chi connectivity index (χ1) is 14.3. The molecular formula is C28H21N. The molecule has 1 aliphatic heterocycles. The van der Waals surface area contributed by atoms with E-state index < -0.39 is 0 Å². The molecule has 0 saturated carbocycles. The average molecular weight is 371 g/mol. The van der Waals surface area contributed by atoms with E-state index in [-0.39, 0.29) is 5.92 Å². The standard InChI is InChI=1S/C28H21N/c1-18-10-12-21(13-11-18)26-27-22-8-4-2-6-19(22)14-16-24(27)29-25-17-15-20-7-3-5-9-23(20)28(25)26/h2-17,26,29H,1H3. The SMILES string of the molecule is Cc1ccc(C2c3c(ccc4ccccc34)Nc3ccc4ccccc4c32)cc1. The summed E-state index contributed by atoms with van der Waals surface area (Å²) in [5.74, 6) is 0.194. The fourth-order valence-electron chi connectivity index (χ4n) is 4.81. The van der Waals surface area contributed by atoms with Gasteiger partial charge in [0, 0.05) is 17.3 Å². The third-order valence-corrected chi connectivity index (χ3v) is 6.20. The lowest BCUT2D eigenvalue weighted by atomic mass is 9.77. The molecule has 1 aliphatic rings. The fraction of sp³-hybridized carbons (Fsp3) is 0.0714. The van der Waals surface area contributed by atoms with Crippen LogP contribution < -0.4 is 5.32 Å². The second-order valence-electron chi connectivity index (χ2n) is 7.96. The van der Waals surface area contributed by atoms with Crippen LogP contribution in [0.4, 0.5) is 11.4 Å². The summed E-state index contributed by atoms with van der Waals surface area (Å²) in [5, 5.41) is 8.95. The zero-order valence-corrected chi connectivity index (χ0v) is 16.3. The molecule has 1 N–H and O–H groups in total. The third kappa shape index (κ3) is 2.48. The van der Waals surface area contributed by atoms with Crippen LogP contribution in [0.2, 0.25) is 0 Å². The predicted octanol–water partition coefficient (Wildman–Crippen LogP) is 7.54. The molecule has 0 amide bonds. The van der Waals surface area contributed by atoms with Crippen LogP contribution in [0, 0.1) is 6.92 Å². The summed E-state index contributed by atoms with van der Waals surface area (Å²) in [6.45, 7) is 2.15. The van der Waals surface area contributed by atoms with Crippen molar-refractivity contribution in [2.24, 2.45) is 0 Å². The highest BCUT2D eigenvalue weighted by molar-refractivity contribution is 6.00. The van der Waals surface area contributed by atoms with Crippen molar-refractivity contribution in [2.75, 3.05) is 5.32 Å². The number of nitrogens with one attached hydrogen (secondary N) is 1. The lowest BCUT2D eigenvalue weighted by molar-refractivity contribution is 0.986. The Bertz CT molecular complexity index is 1290. The maximum absolute atomic E-state index is 3.74. The van der Waals surface area contributed by atoms with Crippen molar-refractivity contribution in [1.82, 2.24) is 0 Å². The highest BCUT2D eigenvalue weighted by Crippen LogP contribution is 2.49. The van der Waals surface area contributed by atoms with E-state index in [9.17, 15) is 0 Å². The van der Waals surface area contributed by atoms with Crippen molar-refractivity contribution >= 4 is 32.9 Å². The Morgan fingerprint density at radius 1 is 0.552 bits per heavy atom. The molecule has 138 valence electrons. The monoisotopic (exact) mass is 371 g/mol. The Labute approximate surface area is 170 Å². The van der Waals surface area contributed by atoms with Crippen LogP contribution in [0.3, 0.4) is 0 Å². The average Bonchev–Trinajstić information content (AvgIpc) is 2.78. The molecule has 0 spiro atoms. The van der Waals surface area contributed by atoms with E-state index in [1.54, 1.807) is 0 Å². The number of anilines is 2. The van der Waals surface area contributed by atoms with Gasteiger partial charge < -0.3 is 5.32 Å². The molecule has 1 heterocycles. The number of hydrogen-bond donors (Lipinski definition) is 1. The highest BCUT2D eigenvalue weighted by atomic mass is 14.9. The molecule has 6 rings (SSSR count). The van der Waals surface area contributed by atoms with Gasteiger partial charge >= 0.3 is 0 Å². The van der Waals surface area contributed by atoms with Crippen molar-refractivity contribution < 1.29 is 0 Å². The summed E-state index contributed by atoms with van der Waals surface area (Å²) in [7, 11) is 0. The van der Waals surface area contributed by atoms with E-state index in [1.165, 1.54) is 55.2 Å². The maximum atomic E-state index is 3.74. The Kier molecular flexibility index (Phi) is 3.51. The lowest BCUT2D eigenvalue weighted by Gasteiger charge is -2.32. The van der Waals surface area contributed by atoms with Gasteiger partial charge in [-0.1, -0.05) is 90.5 Å². The number of fused-ring (bicyclic) bond motifs is 6. The Morgan fingerprint density at radius 2 is 1.07 bits per heavy atom. The first-order valence-corrected chi connectivity index (χ1v) is 10.2. The zero-order valence-electron chi connectivity index (χ0n) is 16.3. The molecule has 0 unspecified atom stereocenters.